The van der Waals surface area contributed by atoms with Gasteiger partial charge >= 0.3 is 5.97 Å². The molecule has 0 amide bonds. The molecule has 1 aromatic carbocycles. The first-order valence-corrected chi connectivity index (χ1v) is 7.58. The predicted octanol–water partition coefficient (Wildman–Crippen LogP) is 1.58. The number of benzene rings is 1. The van der Waals surface area contributed by atoms with Gasteiger partial charge in [0, 0.05) is 18.0 Å². The first-order valence-electron chi connectivity index (χ1n) is 7.58. The summed E-state index contributed by atoms with van der Waals surface area (Å²) in [5, 5.41) is 0.519. The Morgan fingerprint density at radius 3 is 2.52 bits per heavy atom. The number of nitrogens with zero attached hydrogens (tertiary/aromatic N) is 4. The number of aromatic nitrogens is 4. The molecule has 0 radical (unpaired) electrons. The van der Waals surface area contributed by atoms with Crippen LogP contribution in [0.2, 0.25) is 0 Å². The fourth-order valence-electron chi connectivity index (χ4n) is 2.33. The smallest absolute Gasteiger partial charge is 0.326 e. The lowest BCUT2D eigenvalue weighted by Gasteiger charge is -2.11. The molecule has 3 aromatic rings. The largest absolute Gasteiger partial charge is 0.494 e. The van der Waals surface area contributed by atoms with Crippen LogP contribution in [0.3, 0.4) is 0 Å². The summed E-state index contributed by atoms with van der Waals surface area (Å²) in [5.74, 6) is 1.01. The fourth-order valence-corrected chi connectivity index (χ4v) is 2.33. The molecule has 0 atom stereocenters. The van der Waals surface area contributed by atoms with E-state index in [1.54, 1.807) is 31.5 Å². The Kier molecular flexibility index (Phi) is 4.53. The van der Waals surface area contributed by atoms with Gasteiger partial charge in [-0.15, -0.1) is 0 Å². The summed E-state index contributed by atoms with van der Waals surface area (Å²) >= 11 is 0. The standard InChI is InChI=1S/C17H17N5O3/c1-9-7-19-16(20-8-9)11-4-12-15(13(5-11)24-3)21-10(2)22-17(12)25-14(23)6-18/h4-5,7-8H,6,18H2,1-3H3. The molecular formula is C17H17N5O3. The molecule has 0 unspecified atom stereocenters. The van der Waals surface area contributed by atoms with Crippen molar-refractivity contribution in [1.29, 1.82) is 0 Å². The van der Waals surface area contributed by atoms with Crippen molar-refractivity contribution in [2.24, 2.45) is 5.73 Å². The number of fused-ring (bicyclic) bond motifs is 1. The van der Waals surface area contributed by atoms with Crippen molar-refractivity contribution in [1.82, 2.24) is 19.9 Å². The van der Waals surface area contributed by atoms with Gasteiger partial charge in [0.25, 0.3) is 0 Å². The first kappa shape index (κ1) is 16.7. The Bertz CT molecular complexity index is 941. The topological polar surface area (TPSA) is 113 Å². The van der Waals surface area contributed by atoms with Gasteiger partial charge in [0.2, 0.25) is 5.88 Å². The first-order chi connectivity index (χ1) is 12.0. The van der Waals surface area contributed by atoms with E-state index in [0.717, 1.165) is 5.56 Å². The molecule has 3 rings (SSSR count). The number of ether oxygens (including phenoxy) is 2. The van der Waals surface area contributed by atoms with Crippen LogP contribution in [0.15, 0.2) is 24.5 Å². The lowest BCUT2D eigenvalue weighted by Crippen LogP contribution is -2.20. The summed E-state index contributed by atoms with van der Waals surface area (Å²) in [7, 11) is 1.54. The highest BCUT2D eigenvalue weighted by Gasteiger charge is 2.17. The number of aryl methyl sites for hydroxylation is 2. The van der Waals surface area contributed by atoms with Gasteiger partial charge in [0.15, 0.2) is 5.82 Å². The van der Waals surface area contributed by atoms with Crippen LogP contribution in [0.25, 0.3) is 22.3 Å². The van der Waals surface area contributed by atoms with Crippen molar-refractivity contribution < 1.29 is 14.3 Å². The van der Waals surface area contributed by atoms with Crippen molar-refractivity contribution >= 4 is 16.9 Å². The molecule has 0 aliphatic carbocycles. The number of nitrogens with two attached hydrogens (primary N) is 1. The van der Waals surface area contributed by atoms with Crippen LogP contribution < -0.4 is 15.2 Å². The van der Waals surface area contributed by atoms with Gasteiger partial charge in [0.05, 0.1) is 19.0 Å². The molecule has 2 N–H and O–H groups in total. The number of hydrogen-bond acceptors (Lipinski definition) is 8. The summed E-state index contributed by atoms with van der Waals surface area (Å²) < 4.78 is 10.7. The second-order valence-corrected chi connectivity index (χ2v) is 5.41. The van der Waals surface area contributed by atoms with Gasteiger partial charge in [-0.1, -0.05) is 0 Å². The van der Waals surface area contributed by atoms with Gasteiger partial charge in [-0.05, 0) is 31.5 Å². The maximum absolute atomic E-state index is 11.6. The van der Waals surface area contributed by atoms with E-state index in [1.807, 2.05) is 6.92 Å². The maximum atomic E-state index is 11.6. The zero-order valence-corrected chi connectivity index (χ0v) is 14.1. The van der Waals surface area contributed by atoms with Crippen molar-refractivity contribution in [3.8, 4) is 23.0 Å². The third kappa shape index (κ3) is 3.38. The number of rotatable bonds is 4. The van der Waals surface area contributed by atoms with Gasteiger partial charge in [-0.2, -0.15) is 4.98 Å². The van der Waals surface area contributed by atoms with E-state index < -0.39 is 5.97 Å². The highest BCUT2D eigenvalue weighted by Crippen LogP contribution is 2.34. The van der Waals surface area contributed by atoms with Crippen molar-refractivity contribution in [3.63, 3.8) is 0 Å². The monoisotopic (exact) mass is 339 g/mol. The average Bonchev–Trinajstić information content (AvgIpc) is 2.61. The molecule has 0 aliphatic rings. The minimum atomic E-state index is -0.588. The van der Waals surface area contributed by atoms with E-state index in [2.05, 4.69) is 19.9 Å². The molecule has 2 aromatic heterocycles. The van der Waals surface area contributed by atoms with E-state index in [0.29, 0.717) is 33.9 Å². The molecule has 8 heteroatoms. The van der Waals surface area contributed by atoms with Crippen LogP contribution in [-0.2, 0) is 4.79 Å². The molecule has 0 bridgehead atoms. The van der Waals surface area contributed by atoms with Crippen LogP contribution in [0.4, 0.5) is 0 Å². The minimum Gasteiger partial charge on any atom is -0.494 e. The van der Waals surface area contributed by atoms with Gasteiger partial charge in [-0.25, -0.2) is 15.0 Å². The number of methoxy groups -OCH3 is 1. The van der Waals surface area contributed by atoms with E-state index >= 15 is 0 Å². The van der Waals surface area contributed by atoms with Crippen molar-refractivity contribution in [2.45, 2.75) is 13.8 Å². The summed E-state index contributed by atoms with van der Waals surface area (Å²) in [6, 6.07) is 3.55. The van der Waals surface area contributed by atoms with E-state index in [1.165, 1.54) is 7.11 Å². The quantitative estimate of drug-likeness (QED) is 0.713. The molecule has 25 heavy (non-hydrogen) atoms. The number of esters is 1. The van der Waals surface area contributed by atoms with E-state index in [9.17, 15) is 4.79 Å². The lowest BCUT2D eigenvalue weighted by molar-refractivity contribution is -0.132. The molecule has 0 spiro atoms. The fraction of sp³-hybridized carbons (Fsp3) is 0.235. The van der Waals surface area contributed by atoms with E-state index in [-0.39, 0.29) is 12.4 Å². The molecule has 0 saturated heterocycles. The Balaban J connectivity index is 2.24. The molecular weight excluding hydrogens is 322 g/mol. The second kappa shape index (κ2) is 6.78. The Morgan fingerprint density at radius 2 is 1.88 bits per heavy atom. The average molecular weight is 339 g/mol. The Morgan fingerprint density at radius 1 is 1.16 bits per heavy atom. The lowest BCUT2D eigenvalue weighted by atomic mass is 10.1. The number of hydrogen-bond donors (Lipinski definition) is 1. The SMILES string of the molecule is COc1cc(-c2ncc(C)cn2)cc2c(OC(=O)CN)nc(C)nc12. The van der Waals surface area contributed by atoms with Crippen LogP contribution in [0.5, 0.6) is 11.6 Å². The molecule has 0 aliphatic heterocycles. The summed E-state index contributed by atoms with van der Waals surface area (Å²) in [6.07, 6.45) is 3.44. The van der Waals surface area contributed by atoms with Gasteiger partial charge in [-0.3, -0.25) is 4.79 Å². The molecule has 0 fully saturated rings. The highest BCUT2D eigenvalue weighted by atomic mass is 16.5. The minimum absolute atomic E-state index is 0.130. The third-order valence-corrected chi connectivity index (χ3v) is 3.48. The Hall–Kier alpha value is -3.13. The second-order valence-electron chi connectivity index (χ2n) is 5.41. The third-order valence-electron chi connectivity index (χ3n) is 3.48. The summed E-state index contributed by atoms with van der Waals surface area (Å²) in [5.41, 5.74) is 7.51. The van der Waals surface area contributed by atoms with Crippen LogP contribution in [-0.4, -0.2) is 39.6 Å². The Labute approximate surface area is 144 Å². The normalized spacial score (nSPS) is 10.7. The maximum Gasteiger partial charge on any atom is 0.326 e. The van der Waals surface area contributed by atoms with Crippen molar-refractivity contribution in [2.75, 3.05) is 13.7 Å². The summed E-state index contributed by atoms with van der Waals surface area (Å²) in [4.78, 5) is 28.9. The van der Waals surface area contributed by atoms with Crippen LogP contribution in [0.1, 0.15) is 11.4 Å². The van der Waals surface area contributed by atoms with Crippen molar-refractivity contribution in [3.05, 3.63) is 35.9 Å². The van der Waals surface area contributed by atoms with Gasteiger partial charge < -0.3 is 15.2 Å². The zero-order valence-electron chi connectivity index (χ0n) is 14.1. The highest BCUT2D eigenvalue weighted by molar-refractivity contribution is 5.93. The molecule has 0 saturated carbocycles. The van der Waals surface area contributed by atoms with E-state index in [4.69, 9.17) is 15.2 Å². The van der Waals surface area contributed by atoms with Gasteiger partial charge in [0.1, 0.15) is 17.1 Å². The predicted molar refractivity (Wildman–Crippen MR) is 91.3 cm³/mol. The number of carbonyl (C=O) groups is 1. The molecule has 128 valence electrons. The molecule has 2 heterocycles. The molecule has 8 nitrogen and oxygen atoms in total. The zero-order chi connectivity index (χ0) is 18.0. The van der Waals surface area contributed by atoms with Crippen LogP contribution >= 0.6 is 0 Å². The number of carbonyl (C=O) groups excluding carboxylic acids is 1. The van der Waals surface area contributed by atoms with Crippen LogP contribution in [0, 0.1) is 13.8 Å². The summed E-state index contributed by atoms with van der Waals surface area (Å²) in [6.45, 7) is 3.36.